The smallest absolute Gasteiger partial charge is 0.266 e. The Morgan fingerprint density at radius 3 is 2.48 bits per heavy atom. The standard InChI is InChI=1S/C24H18F3N3O2S/c1-13(17-12-15(25)8-10-18(17)26)29(2)22(31)14-7-9-16-20(11-14)28-24(33)30(23(16)32)21-6-4-3-5-19(21)27/h3-13H,1-2H3,(H,28,33). The van der Waals surface area contributed by atoms with Crippen molar-refractivity contribution >= 4 is 29.0 Å². The highest BCUT2D eigenvalue weighted by molar-refractivity contribution is 7.71. The van der Waals surface area contributed by atoms with Crippen molar-refractivity contribution in [3.63, 3.8) is 0 Å². The summed E-state index contributed by atoms with van der Waals surface area (Å²) in [7, 11) is 1.47. The summed E-state index contributed by atoms with van der Waals surface area (Å²) in [5.74, 6) is -2.31. The van der Waals surface area contributed by atoms with Gasteiger partial charge in [0.2, 0.25) is 0 Å². The van der Waals surface area contributed by atoms with Crippen LogP contribution < -0.4 is 5.56 Å². The van der Waals surface area contributed by atoms with Crippen molar-refractivity contribution in [2.75, 3.05) is 7.05 Å². The second-order valence-corrected chi connectivity index (χ2v) is 7.93. The van der Waals surface area contributed by atoms with Gasteiger partial charge in [0.05, 0.1) is 22.6 Å². The van der Waals surface area contributed by atoms with Gasteiger partial charge in [-0.1, -0.05) is 12.1 Å². The van der Waals surface area contributed by atoms with Crippen LogP contribution in [-0.2, 0) is 0 Å². The van der Waals surface area contributed by atoms with Gasteiger partial charge in [-0.25, -0.2) is 17.7 Å². The number of nitrogens with one attached hydrogen (secondary N) is 1. The lowest BCUT2D eigenvalue weighted by atomic mass is 10.0. The zero-order valence-electron chi connectivity index (χ0n) is 17.6. The minimum atomic E-state index is -0.753. The topological polar surface area (TPSA) is 58.1 Å². The van der Waals surface area contributed by atoms with Crippen LogP contribution in [-0.4, -0.2) is 27.4 Å². The molecule has 0 fully saturated rings. The van der Waals surface area contributed by atoms with Gasteiger partial charge in [-0.3, -0.25) is 9.59 Å². The van der Waals surface area contributed by atoms with Crippen LogP contribution >= 0.6 is 12.2 Å². The van der Waals surface area contributed by atoms with Gasteiger partial charge in [0.1, 0.15) is 17.5 Å². The number of fused-ring (bicyclic) bond motifs is 1. The fourth-order valence-corrected chi connectivity index (χ4v) is 3.92. The number of rotatable bonds is 4. The number of carbonyl (C=O) groups excluding carboxylic acids is 1. The molecule has 0 aliphatic carbocycles. The highest BCUT2D eigenvalue weighted by Crippen LogP contribution is 2.25. The average Bonchev–Trinajstić information content (AvgIpc) is 2.80. The molecule has 1 N–H and O–H groups in total. The molecule has 0 bridgehead atoms. The summed E-state index contributed by atoms with van der Waals surface area (Å²) in [4.78, 5) is 30.2. The number of aromatic amines is 1. The molecule has 0 radical (unpaired) electrons. The van der Waals surface area contributed by atoms with Crippen molar-refractivity contribution < 1.29 is 18.0 Å². The summed E-state index contributed by atoms with van der Waals surface area (Å²) in [5, 5.41) is 0.204. The van der Waals surface area contributed by atoms with E-state index in [1.807, 2.05) is 0 Å². The first-order valence-corrected chi connectivity index (χ1v) is 10.4. The predicted molar refractivity (Wildman–Crippen MR) is 122 cm³/mol. The monoisotopic (exact) mass is 469 g/mol. The van der Waals surface area contributed by atoms with Crippen LogP contribution in [0.4, 0.5) is 13.2 Å². The fraction of sp³-hybridized carbons (Fsp3) is 0.125. The number of amides is 1. The molecule has 1 aromatic heterocycles. The van der Waals surface area contributed by atoms with Gasteiger partial charge in [-0.05, 0) is 67.7 Å². The van der Waals surface area contributed by atoms with E-state index in [9.17, 15) is 22.8 Å². The molecule has 0 saturated heterocycles. The molecule has 4 rings (SSSR count). The molecule has 0 aliphatic rings. The Morgan fingerprint density at radius 1 is 1.03 bits per heavy atom. The van der Waals surface area contributed by atoms with E-state index in [-0.39, 0.29) is 27.0 Å². The highest BCUT2D eigenvalue weighted by atomic mass is 32.1. The van der Waals surface area contributed by atoms with E-state index in [1.165, 1.54) is 48.3 Å². The van der Waals surface area contributed by atoms with Crippen molar-refractivity contribution in [1.82, 2.24) is 14.5 Å². The molecule has 4 aromatic rings. The Bertz CT molecular complexity index is 1510. The number of aromatic nitrogens is 2. The van der Waals surface area contributed by atoms with Crippen LogP contribution in [0.3, 0.4) is 0 Å². The van der Waals surface area contributed by atoms with Gasteiger partial charge in [0.15, 0.2) is 4.77 Å². The first-order valence-electron chi connectivity index (χ1n) is 9.95. The Labute approximate surface area is 191 Å². The number of benzene rings is 3. The average molecular weight is 469 g/mol. The van der Waals surface area contributed by atoms with E-state index >= 15 is 0 Å². The van der Waals surface area contributed by atoms with Crippen molar-refractivity contribution in [1.29, 1.82) is 0 Å². The van der Waals surface area contributed by atoms with Crippen LogP contribution in [0.2, 0.25) is 0 Å². The molecule has 1 heterocycles. The molecule has 3 aromatic carbocycles. The highest BCUT2D eigenvalue weighted by Gasteiger charge is 2.22. The van der Waals surface area contributed by atoms with E-state index in [0.29, 0.717) is 5.52 Å². The second-order valence-electron chi connectivity index (χ2n) is 7.54. The largest absolute Gasteiger partial charge is 0.335 e. The summed E-state index contributed by atoms with van der Waals surface area (Å²) in [6.07, 6.45) is 0. The van der Waals surface area contributed by atoms with Crippen molar-refractivity contribution in [2.45, 2.75) is 13.0 Å². The number of para-hydroxylation sites is 1. The van der Waals surface area contributed by atoms with Crippen LogP contribution in [0.15, 0.2) is 65.5 Å². The maximum Gasteiger partial charge on any atom is 0.266 e. The van der Waals surface area contributed by atoms with Gasteiger partial charge in [-0.15, -0.1) is 0 Å². The quantitative estimate of drug-likeness (QED) is 0.413. The molecule has 9 heteroatoms. The van der Waals surface area contributed by atoms with Gasteiger partial charge >= 0.3 is 0 Å². The second kappa shape index (κ2) is 8.67. The normalized spacial score (nSPS) is 12.0. The summed E-state index contributed by atoms with van der Waals surface area (Å²) >= 11 is 5.27. The first kappa shape index (κ1) is 22.5. The third kappa shape index (κ3) is 4.07. The van der Waals surface area contributed by atoms with Gasteiger partial charge < -0.3 is 9.88 Å². The number of hydrogen-bond donors (Lipinski definition) is 1. The first-order chi connectivity index (χ1) is 15.7. The van der Waals surface area contributed by atoms with Gasteiger partial charge in [-0.2, -0.15) is 0 Å². The Kier molecular flexibility index (Phi) is 5.90. The van der Waals surface area contributed by atoms with Crippen LogP contribution in [0.5, 0.6) is 0 Å². The SMILES string of the molecule is CC(c1cc(F)ccc1F)N(C)C(=O)c1ccc2c(=O)n(-c3ccccc3F)c(=S)[nH]c2c1. The number of halogens is 3. The van der Waals surface area contributed by atoms with Crippen molar-refractivity contribution in [2.24, 2.45) is 0 Å². The maximum absolute atomic E-state index is 14.2. The molecule has 1 unspecified atom stereocenters. The molecule has 1 atom stereocenters. The molecule has 5 nitrogen and oxygen atoms in total. The molecule has 168 valence electrons. The maximum atomic E-state index is 14.2. The third-order valence-corrected chi connectivity index (χ3v) is 5.83. The molecule has 33 heavy (non-hydrogen) atoms. The molecule has 0 spiro atoms. The number of carbonyl (C=O) groups is 1. The number of hydrogen-bond acceptors (Lipinski definition) is 3. The number of nitrogens with zero attached hydrogens (tertiary/aromatic N) is 2. The van der Waals surface area contributed by atoms with Crippen LogP contribution in [0.25, 0.3) is 16.6 Å². The third-order valence-electron chi connectivity index (χ3n) is 5.55. The van der Waals surface area contributed by atoms with E-state index in [2.05, 4.69) is 4.98 Å². The summed E-state index contributed by atoms with van der Waals surface area (Å²) in [6, 6.07) is 12.4. The lowest BCUT2D eigenvalue weighted by Gasteiger charge is -2.26. The number of H-pyrrole nitrogens is 1. The van der Waals surface area contributed by atoms with Crippen LogP contribution in [0, 0.1) is 22.2 Å². The minimum absolute atomic E-state index is 0.0106. The molecule has 0 saturated carbocycles. The van der Waals surface area contributed by atoms with E-state index in [1.54, 1.807) is 13.0 Å². The molecule has 0 aliphatic heterocycles. The van der Waals surface area contributed by atoms with E-state index in [4.69, 9.17) is 12.2 Å². The molecular formula is C24H18F3N3O2S. The lowest BCUT2D eigenvalue weighted by molar-refractivity contribution is 0.0740. The Hall–Kier alpha value is -3.72. The summed E-state index contributed by atoms with van der Waals surface area (Å²) in [6.45, 7) is 1.58. The van der Waals surface area contributed by atoms with E-state index < -0.39 is 35.0 Å². The van der Waals surface area contributed by atoms with Gasteiger partial charge in [0.25, 0.3) is 11.5 Å². The van der Waals surface area contributed by atoms with Crippen LogP contribution in [0.1, 0.15) is 28.9 Å². The molecule has 1 amide bonds. The summed E-state index contributed by atoms with van der Waals surface area (Å²) in [5.41, 5.74) is 0.0143. The zero-order valence-corrected chi connectivity index (χ0v) is 18.4. The zero-order chi connectivity index (χ0) is 23.9. The fourth-order valence-electron chi connectivity index (χ4n) is 3.63. The summed E-state index contributed by atoms with van der Waals surface area (Å²) < 4.78 is 43.0. The van der Waals surface area contributed by atoms with E-state index in [0.717, 1.165) is 22.8 Å². The Balaban J connectivity index is 1.74. The lowest BCUT2D eigenvalue weighted by Crippen LogP contribution is -2.30. The van der Waals surface area contributed by atoms with Gasteiger partial charge in [0, 0.05) is 18.2 Å². The van der Waals surface area contributed by atoms with Crippen molar-refractivity contribution in [3.05, 3.63) is 104 Å². The van der Waals surface area contributed by atoms with Crippen molar-refractivity contribution in [3.8, 4) is 5.69 Å². The molecular weight excluding hydrogens is 451 g/mol. The Morgan fingerprint density at radius 2 is 1.76 bits per heavy atom. The predicted octanol–water partition coefficient (Wildman–Crippen LogP) is 5.30. The minimum Gasteiger partial charge on any atom is -0.335 e.